The van der Waals surface area contributed by atoms with Gasteiger partial charge in [-0.1, -0.05) is 0 Å². The van der Waals surface area contributed by atoms with Gasteiger partial charge in [-0.3, -0.25) is 0 Å². The Morgan fingerprint density at radius 1 is 1.44 bits per heavy atom. The summed E-state index contributed by atoms with van der Waals surface area (Å²) >= 11 is 0. The molecule has 0 aliphatic carbocycles. The number of carbonyl (C=O) groups excluding carboxylic acids is 1. The van der Waals surface area contributed by atoms with Crippen LogP contribution in [0.4, 0.5) is 4.79 Å². The fourth-order valence-electron chi connectivity index (χ4n) is 1.91. The van der Waals surface area contributed by atoms with Crippen LogP contribution in [0.5, 0.6) is 0 Å². The topological polar surface area (TPSA) is 32.8 Å². The molecule has 0 saturated carbocycles. The van der Waals surface area contributed by atoms with E-state index in [1.54, 1.807) is 4.90 Å². The molecule has 0 unspecified atom stereocenters. The fraction of sp³-hybridized carbons (Fsp3) is 0.917. The van der Waals surface area contributed by atoms with Gasteiger partial charge >= 0.3 is 6.09 Å². The van der Waals surface area contributed by atoms with E-state index in [-0.39, 0.29) is 6.09 Å². The molecule has 1 fully saturated rings. The molecule has 1 rings (SSSR count). The molecule has 0 spiro atoms. The van der Waals surface area contributed by atoms with Crippen molar-refractivity contribution in [3.05, 3.63) is 0 Å². The van der Waals surface area contributed by atoms with Gasteiger partial charge in [0.15, 0.2) is 0 Å². The SMILES string of the molecule is CCN(CC1CN(C)C1)C(=O)OC(C)(C)C. The first-order valence-corrected chi connectivity index (χ1v) is 5.98. The average Bonchev–Trinajstić information content (AvgIpc) is 2.07. The lowest BCUT2D eigenvalue weighted by atomic mass is 10.0. The molecular formula is C12H24N2O2. The molecule has 0 radical (unpaired) electrons. The Morgan fingerprint density at radius 2 is 2.00 bits per heavy atom. The van der Waals surface area contributed by atoms with E-state index in [0.29, 0.717) is 5.92 Å². The van der Waals surface area contributed by atoms with E-state index in [9.17, 15) is 4.79 Å². The Kier molecular flexibility index (Phi) is 4.19. The third kappa shape index (κ3) is 4.00. The minimum Gasteiger partial charge on any atom is -0.444 e. The lowest BCUT2D eigenvalue weighted by Crippen LogP contribution is -2.51. The molecule has 0 bridgehead atoms. The summed E-state index contributed by atoms with van der Waals surface area (Å²) in [5.74, 6) is 0.609. The van der Waals surface area contributed by atoms with Crippen molar-refractivity contribution >= 4 is 6.09 Å². The zero-order valence-corrected chi connectivity index (χ0v) is 11.1. The molecule has 1 aliphatic heterocycles. The van der Waals surface area contributed by atoms with E-state index >= 15 is 0 Å². The predicted molar refractivity (Wildman–Crippen MR) is 64.5 cm³/mol. The van der Waals surface area contributed by atoms with Crippen molar-refractivity contribution in [2.24, 2.45) is 5.92 Å². The summed E-state index contributed by atoms with van der Waals surface area (Å²) in [5.41, 5.74) is -0.402. The van der Waals surface area contributed by atoms with Crippen LogP contribution in [0, 0.1) is 5.92 Å². The normalized spacial score (nSPS) is 18.1. The highest BCUT2D eigenvalue weighted by Gasteiger charge is 2.28. The molecule has 1 saturated heterocycles. The Balaban J connectivity index is 2.38. The standard InChI is InChI=1S/C12H24N2O2/c1-6-14(9-10-7-13(5)8-10)11(15)16-12(2,3)4/h10H,6-9H2,1-5H3. The quantitative estimate of drug-likeness (QED) is 0.738. The van der Waals surface area contributed by atoms with Crippen LogP contribution >= 0.6 is 0 Å². The molecule has 0 aromatic carbocycles. The van der Waals surface area contributed by atoms with E-state index in [1.807, 2.05) is 27.7 Å². The first-order valence-electron chi connectivity index (χ1n) is 5.98. The predicted octanol–water partition coefficient (Wildman–Crippen LogP) is 1.80. The van der Waals surface area contributed by atoms with Gasteiger partial charge in [0.1, 0.15) is 5.60 Å². The van der Waals surface area contributed by atoms with Crippen molar-refractivity contribution in [3.63, 3.8) is 0 Å². The van der Waals surface area contributed by atoms with Gasteiger partial charge in [0.2, 0.25) is 0 Å². The number of amides is 1. The minimum atomic E-state index is -0.402. The number of ether oxygens (including phenoxy) is 1. The molecule has 4 heteroatoms. The van der Waals surface area contributed by atoms with Crippen molar-refractivity contribution in [2.45, 2.75) is 33.3 Å². The molecule has 0 aromatic rings. The number of hydrogen-bond acceptors (Lipinski definition) is 3. The van der Waals surface area contributed by atoms with Crippen LogP contribution in [0.15, 0.2) is 0 Å². The summed E-state index contributed by atoms with van der Waals surface area (Å²) in [6, 6.07) is 0. The van der Waals surface area contributed by atoms with Crippen LogP contribution in [-0.4, -0.2) is 54.7 Å². The Hall–Kier alpha value is -0.770. The van der Waals surface area contributed by atoms with Gasteiger partial charge in [0.05, 0.1) is 0 Å². The highest BCUT2D eigenvalue weighted by molar-refractivity contribution is 5.68. The molecule has 1 amide bonds. The van der Waals surface area contributed by atoms with Crippen LogP contribution in [0.25, 0.3) is 0 Å². The molecule has 0 aromatic heterocycles. The Bertz CT molecular complexity index is 242. The van der Waals surface area contributed by atoms with Gasteiger partial charge < -0.3 is 14.5 Å². The summed E-state index contributed by atoms with van der Waals surface area (Å²) < 4.78 is 5.36. The van der Waals surface area contributed by atoms with Gasteiger partial charge in [0, 0.05) is 32.1 Å². The van der Waals surface area contributed by atoms with Crippen LogP contribution in [0.1, 0.15) is 27.7 Å². The number of hydrogen-bond donors (Lipinski definition) is 0. The van der Waals surface area contributed by atoms with Gasteiger partial charge in [-0.2, -0.15) is 0 Å². The van der Waals surface area contributed by atoms with E-state index < -0.39 is 5.60 Å². The molecule has 1 aliphatic rings. The lowest BCUT2D eigenvalue weighted by Gasteiger charge is -2.39. The van der Waals surface area contributed by atoms with Gasteiger partial charge in [-0.05, 0) is 34.7 Å². The van der Waals surface area contributed by atoms with Crippen molar-refractivity contribution in [3.8, 4) is 0 Å². The number of carbonyl (C=O) groups is 1. The highest BCUT2D eigenvalue weighted by Crippen LogP contribution is 2.16. The lowest BCUT2D eigenvalue weighted by molar-refractivity contribution is 0.0145. The van der Waals surface area contributed by atoms with Crippen molar-refractivity contribution in [2.75, 3.05) is 33.2 Å². The number of likely N-dealkylation sites (tertiary alicyclic amines) is 1. The first-order chi connectivity index (χ1) is 7.31. The Labute approximate surface area is 98.5 Å². The molecule has 1 heterocycles. The third-order valence-electron chi connectivity index (χ3n) is 2.65. The second kappa shape index (κ2) is 5.04. The maximum absolute atomic E-state index is 11.8. The van der Waals surface area contributed by atoms with Gasteiger partial charge in [0.25, 0.3) is 0 Å². The van der Waals surface area contributed by atoms with E-state index in [2.05, 4.69) is 11.9 Å². The molecule has 94 valence electrons. The first kappa shape index (κ1) is 13.3. The average molecular weight is 228 g/mol. The summed E-state index contributed by atoms with van der Waals surface area (Å²) in [5, 5.41) is 0. The maximum atomic E-state index is 11.8. The van der Waals surface area contributed by atoms with Crippen molar-refractivity contribution < 1.29 is 9.53 Å². The second-order valence-electron chi connectivity index (χ2n) is 5.61. The largest absolute Gasteiger partial charge is 0.444 e. The van der Waals surface area contributed by atoms with Crippen LogP contribution < -0.4 is 0 Å². The van der Waals surface area contributed by atoms with E-state index in [4.69, 9.17) is 4.74 Å². The van der Waals surface area contributed by atoms with Crippen molar-refractivity contribution in [1.82, 2.24) is 9.80 Å². The summed E-state index contributed by atoms with van der Waals surface area (Å²) in [6.45, 7) is 11.4. The Morgan fingerprint density at radius 3 is 2.38 bits per heavy atom. The highest BCUT2D eigenvalue weighted by atomic mass is 16.6. The molecule has 4 nitrogen and oxygen atoms in total. The van der Waals surface area contributed by atoms with Crippen LogP contribution in [0.3, 0.4) is 0 Å². The van der Waals surface area contributed by atoms with E-state index in [0.717, 1.165) is 26.2 Å². The summed E-state index contributed by atoms with van der Waals surface area (Å²) in [4.78, 5) is 15.9. The fourth-order valence-corrected chi connectivity index (χ4v) is 1.91. The minimum absolute atomic E-state index is 0.190. The van der Waals surface area contributed by atoms with Gasteiger partial charge in [-0.25, -0.2) is 4.79 Å². The van der Waals surface area contributed by atoms with Crippen molar-refractivity contribution in [1.29, 1.82) is 0 Å². The molecule has 0 atom stereocenters. The smallest absolute Gasteiger partial charge is 0.410 e. The zero-order valence-electron chi connectivity index (χ0n) is 11.1. The third-order valence-corrected chi connectivity index (χ3v) is 2.65. The maximum Gasteiger partial charge on any atom is 0.410 e. The molecule has 16 heavy (non-hydrogen) atoms. The van der Waals surface area contributed by atoms with Crippen LogP contribution in [-0.2, 0) is 4.74 Å². The van der Waals surface area contributed by atoms with Crippen LogP contribution in [0.2, 0.25) is 0 Å². The molecule has 0 N–H and O–H groups in total. The number of nitrogens with zero attached hydrogens (tertiary/aromatic N) is 2. The molecular weight excluding hydrogens is 204 g/mol. The summed E-state index contributed by atoms with van der Waals surface area (Å²) in [7, 11) is 2.10. The van der Waals surface area contributed by atoms with E-state index in [1.165, 1.54) is 0 Å². The second-order valence-corrected chi connectivity index (χ2v) is 5.61. The monoisotopic (exact) mass is 228 g/mol. The van der Waals surface area contributed by atoms with Gasteiger partial charge in [-0.15, -0.1) is 0 Å². The number of rotatable bonds is 3. The zero-order chi connectivity index (χ0) is 12.3. The summed E-state index contributed by atoms with van der Waals surface area (Å²) in [6.07, 6.45) is -0.190.